The number of hydrogen-bond donors (Lipinski definition) is 1. The minimum Gasteiger partial charge on any atom is -0.332 e. The highest BCUT2D eigenvalue weighted by molar-refractivity contribution is 8.76. The number of nitrogens with one attached hydrogen (secondary N) is 1. The molecule has 1 heterocycles. The van der Waals surface area contributed by atoms with E-state index in [0.29, 0.717) is 16.7 Å². The summed E-state index contributed by atoms with van der Waals surface area (Å²) in [5.41, 5.74) is 0.960. The van der Waals surface area contributed by atoms with Gasteiger partial charge in [-0.3, -0.25) is 0 Å². The number of rotatable bonds is 5. The number of benzene rings is 2. The van der Waals surface area contributed by atoms with Crippen LogP contribution in [0.4, 0.5) is 4.79 Å². The Morgan fingerprint density at radius 1 is 1.08 bits per heavy atom. The van der Waals surface area contributed by atoms with Gasteiger partial charge in [0.1, 0.15) is 6.33 Å². The highest BCUT2D eigenvalue weighted by atomic mass is 35.5. The molecule has 0 saturated heterocycles. The molecular weight excluding hydrogens is 364 g/mol. The molecule has 8 heteroatoms. The van der Waals surface area contributed by atoms with Gasteiger partial charge in [-0.1, -0.05) is 41.9 Å². The van der Waals surface area contributed by atoms with Crippen molar-refractivity contribution in [3.05, 3.63) is 71.5 Å². The Balaban J connectivity index is 1.52. The molecule has 0 aliphatic rings. The highest BCUT2D eigenvalue weighted by Gasteiger charge is 2.09. The maximum absolute atomic E-state index is 12.1. The van der Waals surface area contributed by atoms with E-state index in [4.69, 9.17) is 11.6 Å². The lowest BCUT2D eigenvalue weighted by molar-refractivity contribution is 0.239. The molecular formula is C16H13ClN4OS2. The molecule has 1 aromatic heterocycles. The van der Waals surface area contributed by atoms with Crippen LogP contribution in [0.2, 0.25) is 5.02 Å². The van der Waals surface area contributed by atoms with Gasteiger partial charge in [-0.25, -0.2) is 9.78 Å². The number of aromatic nitrogens is 3. The molecule has 0 atom stereocenters. The number of carbonyl (C=O) groups is 1. The lowest BCUT2D eigenvalue weighted by Gasteiger charge is -2.04. The zero-order chi connectivity index (χ0) is 16.8. The van der Waals surface area contributed by atoms with Gasteiger partial charge in [0.25, 0.3) is 0 Å². The fourth-order valence-corrected chi connectivity index (χ4v) is 3.66. The zero-order valence-corrected chi connectivity index (χ0v) is 14.8. The lowest BCUT2D eigenvalue weighted by Crippen LogP contribution is -2.28. The quantitative estimate of drug-likeness (QED) is 0.665. The monoisotopic (exact) mass is 376 g/mol. The molecule has 1 amide bonds. The molecule has 3 rings (SSSR count). The van der Waals surface area contributed by atoms with E-state index in [1.165, 1.54) is 21.8 Å². The normalized spacial score (nSPS) is 10.5. The molecule has 3 aromatic rings. The molecule has 0 aliphatic heterocycles. The Bertz CT molecular complexity index is 808. The summed E-state index contributed by atoms with van der Waals surface area (Å²) in [4.78, 5) is 17.3. The second-order valence-electron chi connectivity index (χ2n) is 4.74. The predicted molar refractivity (Wildman–Crippen MR) is 97.3 cm³/mol. The predicted octanol–water partition coefficient (Wildman–Crippen LogP) is 4.49. The summed E-state index contributed by atoms with van der Waals surface area (Å²) >= 11 is 5.83. The van der Waals surface area contributed by atoms with Gasteiger partial charge < -0.3 is 5.32 Å². The van der Waals surface area contributed by atoms with Crippen molar-refractivity contribution in [2.45, 2.75) is 16.6 Å². The minimum absolute atomic E-state index is 0.325. The molecule has 0 fully saturated rings. The van der Waals surface area contributed by atoms with Crippen LogP contribution in [0, 0.1) is 0 Å². The summed E-state index contributed by atoms with van der Waals surface area (Å²) < 4.78 is 1.20. The Morgan fingerprint density at radius 2 is 1.83 bits per heavy atom. The van der Waals surface area contributed by atoms with E-state index in [1.54, 1.807) is 22.9 Å². The second kappa shape index (κ2) is 8.23. The number of halogens is 1. The van der Waals surface area contributed by atoms with Crippen molar-refractivity contribution in [2.75, 3.05) is 0 Å². The Labute approximate surface area is 152 Å². The Hall–Kier alpha value is -1.96. The fraction of sp³-hybridized carbons (Fsp3) is 0.0625. The molecule has 0 spiro atoms. The van der Waals surface area contributed by atoms with Gasteiger partial charge in [-0.2, -0.15) is 4.68 Å². The van der Waals surface area contributed by atoms with Crippen molar-refractivity contribution in [1.29, 1.82) is 0 Å². The average Bonchev–Trinajstić information content (AvgIpc) is 3.09. The molecule has 0 bridgehead atoms. The summed E-state index contributed by atoms with van der Waals surface area (Å²) in [5, 5.41) is 8.15. The fourth-order valence-electron chi connectivity index (χ4n) is 1.81. The first-order valence-corrected chi connectivity index (χ1v) is 9.57. The van der Waals surface area contributed by atoms with E-state index in [9.17, 15) is 4.79 Å². The smallest absolute Gasteiger partial charge is 0.332 e. The van der Waals surface area contributed by atoms with Crippen LogP contribution in [0.3, 0.4) is 0 Å². The van der Waals surface area contributed by atoms with E-state index in [-0.39, 0.29) is 6.03 Å². The number of carbonyl (C=O) groups excluding carboxylic acids is 1. The van der Waals surface area contributed by atoms with Gasteiger partial charge in [-0.05, 0) is 51.4 Å². The molecule has 5 nitrogen and oxygen atoms in total. The second-order valence-corrected chi connectivity index (χ2v) is 7.34. The summed E-state index contributed by atoms with van der Waals surface area (Å²) in [6.45, 7) is 0.400. The third kappa shape index (κ3) is 4.77. The van der Waals surface area contributed by atoms with Crippen LogP contribution in [0.1, 0.15) is 5.56 Å². The Morgan fingerprint density at radius 3 is 2.58 bits per heavy atom. The molecule has 0 unspecified atom stereocenters. The van der Waals surface area contributed by atoms with Crippen LogP contribution in [0.5, 0.6) is 0 Å². The highest BCUT2D eigenvalue weighted by Crippen LogP contribution is 2.34. The summed E-state index contributed by atoms with van der Waals surface area (Å²) in [7, 11) is 2.95. The minimum atomic E-state index is -0.325. The van der Waals surface area contributed by atoms with Crippen molar-refractivity contribution >= 4 is 39.2 Å². The molecule has 122 valence electrons. The molecule has 2 aromatic carbocycles. The van der Waals surface area contributed by atoms with Gasteiger partial charge in [-0.15, -0.1) is 5.10 Å². The van der Waals surface area contributed by atoms with Gasteiger partial charge in [0.15, 0.2) is 0 Å². The third-order valence-corrected chi connectivity index (χ3v) is 5.40. The van der Waals surface area contributed by atoms with Crippen LogP contribution in [0.15, 0.2) is 71.0 Å². The van der Waals surface area contributed by atoms with E-state index < -0.39 is 0 Å². The number of amides is 1. The third-order valence-electron chi connectivity index (χ3n) is 2.99. The SMILES string of the molecule is O=C(NCc1ccc(Cl)cc1)n1cnc(SSc2ccccc2)n1. The van der Waals surface area contributed by atoms with Crippen molar-refractivity contribution in [2.24, 2.45) is 0 Å². The van der Waals surface area contributed by atoms with Crippen molar-refractivity contribution in [1.82, 2.24) is 20.1 Å². The van der Waals surface area contributed by atoms with Crippen LogP contribution >= 0.6 is 33.2 Å². The summed E-state index contributed by atoms with van der Waals surface area (Å²) in [5.74, 6) is 0. The van der Waals surface area contributed by atoms with Gasteiger partial charge >= 0.3 is 6.03 Å². The van der Waals surface area contributed by atoms with Gasteiger partial charge in [0.05, 0.1) is 0 Å². The lowest BCUT2D eigenvalue weighted by atomic mass is 10.2. The zero-order valence-electron chi connectivity index (χ0n) is 12.4. The Kier molecular flexibility index (Phi) is 5.79. The first kappa shape index (κ1) is 16.9. The van der Waals surface area contributed by atoms with Gasteiger partial charge in [0, 0.05) is 16.5 Å². The van der Waals surface area contributed by atoms with E-state index in [0.717, 1.165) is 10.5 Å². The number of hydrogen-bond acceptors (Lipinski definition) is 5. The van der Waals surface area contributed by atoms with Crippen LogP contribution in [0.25, 0.3) is 0 Å². The van der Waals surface area contributed by atoms with Crippen LogP contribution < -0.4 is 5.32 Å². The van der Waals surface area contributed by atoms with E-state index in [1.807, 2.05) is 42.5 Å². The topological polar surface area (TPSA) is 59.8 Å². The molecule has 24 heavy (non-hydrogen) atoms. The van der Waals surface area contributed by atoms with Gasteiger partial charge in [0.2, 0.25) is 5.16 Å². The average molecular weight is 377 g/mol. The molecule has 0 saturated carbocycles. The van der Waals surface area contributed by atoms with Crippen molar-refractivity contribution in [3.8, 4) is 0 Å². The van der Waals surface area contributed by atoms with Crippen molar-refractivity contribution < 1.29 is 4.79 Å². The molecule has 0 aliphatic carbocycles. The summed E-state index contributed by atoms with van der Waals surface area (Å²) in [6, 6.07) is 16.9. The molecule has 0 radical (unpaired) electrons. The number of nitrogens with zero attached hydrogens (tertiary/aromatic N) is 3. The van der Waals surface area contributed by atoms with Crippen LogP contribution in [-0.4, -0.2) is 20.8 Å². The molecule has 1 N–H and O–H groups in total. The first-order chi connectivity index (χ1) is 11.7. The first-order valence-electron chi connectivity index (χ1n) is 7.04. The van der Waals surface area contributed by atoms with E-state index >= 15 is 0 Å². The van der Waals surface area contributed by atoms with Crippen molar-refractivity contribution in [3.63, 3.8) is 0 Å². The largest absolute Gasteiger partial charge is 0.343 e. The maximum Gasteiger partial charge on any atom is 0.343 e. The summed E-state index contributed by atoms with van der Waals surface area (Å²) in [6.07, 6.45) is 1.41. The standard InChI is InChI=1S/C16H13ClN4OS2/c17-13-8-6-12(7-9-13)10-18-16(22)21-11-19-15(20-21)24-23-14-4-2-1-3-5-14/h1-9,11H,10H2,(H,18,22). The van der Waals surface area contributed by atoms with E-state index in [2.05, 4.69) is 15.4 Å². The maximum atomic E-state index is 12.1. The van der Waals surface area contributed by atoms with Crippen LogP contribution in [-0.2, 0) is 6.54 Å².